The highest BCUT2D eigenvalue weighted by atomic mass is 32.2. The summed E-state index contributed by atoms with van der Waals surface area (Å²) in [6.07, 6.45) is 4.98. The van der Waals surface area contributed by atoms with Crippen molar-refractivity contribution in [3.05, 3.63) is 12.4 Å². The Kier molecular flexibility index (Phi) is 4.52. The number of ether oxygens (including phenoxy) is 1. The van der Waals surface area contributed by atoms with Crippen molar-refractivity contribution in [2.24, 2.45) is 7.05 Å². The third-order valence-electron chi connectivity index (χ3n) is 1.76. The van der Waals surface area contributed by atoms with Gasteiger partial charge in [-0.05, 0) is 6.42 Å². The minimum absolute atomic E-state index is 0.148. The Balaban J connectivity index is 2.16. The number of methoxy groups -OCH3 is 1. The number of rotatable bonds is 5. The van der Waals surface area contributed by atoms with Crippen LogP contribution >= 0.6 is 11.8 Å². The van der Waals surface area contributed by atoms with Gasteiger partial charge in [-0.3, -0.25) is 4.79 Å². The molecule has 0 saturated carbocycles. The Morgan fingerprint density at radius 3 is 3.07 bits per heavy atom. The summed E-state index contributed by atoms with van der Waals surface area (Å²) in [4.78, 5) is 15.0. The van der Waals surface area contributed by atoms with Crippen LogP contribution < -0.4 is 0 Å². The zero-order chi connectivity index (χ0) is 10.4. The van der Waals surface area contributed by atoms with Crippen LogP contribution in [0.4, 0.5) is 0 Å². The van der Waals surface area contributed by atoms with Gasteiger partial charge in [-0.15, -0.1) is 0 Å². The van der Waals surface area contributed by atoms with Gasteiger partial charge in [-0.25, -0.2) is 4.98 Å². The molecule has 0 unspecified atom stereocenters. The fourth-order valence-corrected chi connectivity index (χ4v) is 1.84. The number of hydrogen-bond acceptors (Lipinski definition) is 4. The first-order valence-electron chi connectivity index (χ1n) is 4.41. The maximum Gasteiger partial charge on any atom is 0.305 e. The van der Waals surface area contributed by atoms with Crippen molar-refractivity contribution < 1.29 is 9.53 Å². The summed E-state index contributed by atoms with van der Waals surface area (Å²) in [5.74, 6) is 0.741. The van der Waals surface area contributed by atoms with E-state index in [0.29, 0.717) is 6.42 Å². The van der Waals surface area contributed by atoms with E-state index in [1.165, 1.54) is 7.11 Å². The zero-order valence-electron chi connectivity index (χ0n) is 8.40. The van der Waals surface area contributed by atoms with Gasteiger partial charge in [0.1, 0.15) is 0 Å². The van der Waals surface area contributed by atoms with Crippen molar-refractivity contribution in [1.29, 1.82) is 0 Å². The second kappa shape index (κ2) is 5.70. The number of aryl methyl sites for hydroxylation is 1. The highest BCUT2D eigenvalue weighted by Gasteiger charge is 2.02. The van der Waals surface area contributed by atoms with E-state index in [9.17, 15) is 4.79 Å². The van der Waals surface area contributed by atoms with Crippen molar-refractivity contribution in [1.82, 2.24) is 9.55 Å². The lowest BCUT2D eigenvalue weighted by atomic mass is 10.3. The van der Waals surface area contributed by atoms with Crippen LogP contribution in [0.25, 0.3) is 0 Å². The van der Waals surface area contributed by atoms with E-state index in [0.717, 1.165) is 17.3 Å². The molecule has 1 heterocycles. The molecule has 5 heteroatoms. The maximum atomic E-state index is 10.8. The molecule has 0 atom stereocenters. The van der Waals surface area contributed by atoms with E-state index in [2.05, 4.69) is 9.72 Å². The first-order chi connectivity index (χ1) is 6.74. The van der Waals surface area contributed by atoms with Gasteiger partial charge in [0, 0.05) is 31.6 Å². The molecule has 14 heavy (non-hydrogen) atoms. The number of esters is 1. The highest BCUT2D eigenvalue weighted by molar-refractivity contribution is 7.99. The number of imidazole rings is 1. The molecule has 0 aromatic carbocycles. The molecule has 0 radical (unpaired) electrons. The maximum absolute atomic E-state index is 10.8. The van der Waals surface area contributed by atoms with E-state index in [4.69, 9.17) is 0 Å². The molecule has 0 bridgehead atoms. The first-order valence-corrected chi connectivity index (χ1v) is 5.39. The average molecular weight is 214 g/mol. The van der Waals surface area contributed by atoms with Crippen LogP contribution in [0.1, 0.15) is 12.8 Å². The van der Waals surface area contributed by atoms with E-state index >= 15 is 0 Å². The molecule has 0 aliphatic rings. The van der Waals surface area contributed by atoms with Crippen molar-refractivity contribution in [3.63, 3.8) is 0 Å². The molecule has 0 saturated heterocycles. The minimum atomic E-state index is -0.148. The van der Waals surface area contributed by atoms with Gasteiger partial charge in [0.2, 0.25) is 0 Å². The van der Waals surface area contributed by atoms with Crippen molar-refractivity contribution in [2.75, 3.05) is 12.9 Å². The van der Waals surface area contributed by atoms with Gasteiger partial charge in [0.25, 0.3) is 0 Å². The second-order valence-electron chi connectivity index (χ2n) is 2.85. The summed E-state index contributed by atoms with van der Waals surface area (Å²) >= 11 is 1.65. The number of carbonyl (C=O) groups excluding carboxylic acids is 1. The van der Waals surface area contributed by atoms with Crippen LogP contribution in [-0.2, 0) is 16.6 Å². The molecule has 0 N–H and O–H groups in total. The number of nitrogens with zero attached hydrogens (tertiary/aromatic N) is 2. The van der Waals surface area contributed by atoms with Crippen molar-refractivity contribution in [2.45, 2.75) is 18.0 Å². The fraction of sp³-hybridized carbons (Fsp3) is 0.556. The Morgan fingerprint density at radius 2 is 2.50 bits per heavy atom. The third-order valence-corrected chi connectivity index (χ3v) is 2.91. The molecular weight excluding hydrogens is 200 g/mol. The Hall–Kier alpha value is -0.970. The lowest BCUT2D eigenvalue weighted by Gasteiger charge is -2.00. The molecular formula is C9H14N2O2S. The lowest BCUT2D eigenvalue weighted by molar-refractivity contribution is -0.140. The van der Waals surface area contributed by atoms with Crippen LogP contribution in [0.5, 0.6) is 0 Å². The molecule has 0 aliphatic carbocycles. The Labute approximate surface area is 87.7 Å². The molecule has 4 nitrogen and oxygen atoms in total. The number of carbonyl (C=O) groups is 1. The average Bonchev–Trinajstić information content (AvgIpc) is 2.58. The third kappa shape index (κ3) is 3.41. The van der Waals surface area contributed by atoms with E-state index in [1.54, 1.807) is 18.0 Å². The van der Waals surface area contributed by atoms with E-state index in [1.807, 2.05) is 17.8 Å². The Bertz CT molecular complexity index is 299. The molecule has 0 aliphatic heterocycles. The van der Waals surface area contributed by atoms with Crippen molar-refractivity contribution in [3.8, 4) is 0 Å². The van der Waals surface area contributed by atoms with Crippen LogP contribution in [0, 0.1) is 0 Å². The summed E-state index contributed by atoms with van der Waals surface area (Å²) in [5, 5.41) is 0.981. The van der Waals surface area contributed by atoms with Crippen LogP contribution in [-0.4, -0.2) is 28.4 Å². The number of aromatic nitrogens is 2. The fourth-order valence-electron chi connectivity index (χ4n) is 0.973. The largest absolute Gasteiger partial charge is 0.469 e. The summed E-state index contributed by atoms with van der Waals surface area (Å²) in [6.45, 7) is 0. The molecule has 78 valence electrons. The quantitative estimate of drug-likeness (QED) is 0.423. The zero-order valence-corrected chi connectivity index (χ0v) is 9.21. The number of hydrogen-bond donors (Lipinski definition) is 0. The predicted octanol–water partition coefficient (Wildman–Crippen LogP) is 1.47. The van der Waals surface area contributed by atoms with Gasteiger partial charge in [0.15, 0.2) is 5.16 Å². The standard InChI is InChI=1S/C9H14N2O2S/c1-11-6-5-10-9(11)14-7-3-4-8(12)13-2/h5-6H,3-4,7H2,1-2H3. The van der Waals surface area contributed by atoms with Gasteiger partial charge in [0.05, 0.1) is 7.11 Å². The highest BCUT2D eigenvalue weighted by Crippen LogP contribution is 2.15. The molecule has 1 aromatic heterocycles. The van der Waals surface area contributed by atoms with Gasteiger partial charge in [-0.2, -0.15) is 0 Å². The predicted molar refractivity (Wildman–Crippen MR) is 55.2 cm³/mol. The minimum Gasteiger partial charge on any atom is -0.469 e. The van der Waals surface area contributed by atoms with Crippen LogP contribution in [0.3, 0.4) is 0 Å². The summed E-state index contributed by atoms with van der Waals surface area (Å²) in [7, 11) is 3.36. The van der Waals surface area contributed by atoms with Gasteiger partial charge in [-0.1, -0.05) is 11.8 Å². The lowest BCUT2D eigenvalue weighted by Crippen LogP contribution is -2.00. The van der Waals surface area contributed by atoms with E-state index < -0.39 is 0 Å². The summed E-state index contributed by atoms with van der Waals surface area (Å²) in [5.41, 5.74) is 0. The van der Waals surface area contributed by atoms with Gasteiger partial charge >= 0.3 is 5.97 Å². The molecule has 1 aromatic rings. The summed E-state index contributed by atoms with van der Waals surface area (Å²) < 4.78 is 6.50. The molecule has 0 fully saturated rings. The molecule has 1 rings (SSSR count). The van der Waals surface area contributed by atoms with E-state index in [-0.39, 0.29) is 5.97 Å². The van der Waals surface area contributed by atoms with Crippen molar-refractivity contribution >= 4 is 17.7 Å². The number of thioether (sulfide) groups is 1. The molecule has 0 amide bonds. The summed E-state index contributed by atoms with van der Waals surface area (Å²) in [6, 6.07) is 0. The SMILES string of the molecule is COC(=O)CCCSc1nccn1C. The monoisotopic (exact) mass is 214 g/mol. The second-order valence-corrected chi connectivity index (χ2v) is 3.91. The smallest absolute Gasteiger partial charge is 0.305 e. The van der Waals surface area contributed by atoms with Crippen LogP contribution in [0.2, 0.25) is 0 Å². The Morgan fingerprint density at radius 1 is 1.71 bits per heavy atom. The van der Waals surface area contributed by atoms with Crippen LogP contribution in [0.15, 0.2) is 17.6 Å². The topological polar surface area (TPSA) is 44.1 Å². The normalized spacial score (nSPS) is 10.1. The van der Waals surface area contributed by atoms with Gasteiger partial charge < -0.3 is 9.30 Å². The first kappa shape index (κ1) is 11.1. The molecule has 0 spiro atoms.